The van der Waals surface area contributed by atoms with Gasteiger partial charge in [0.1, 0.15) is 5.82 Å². The lowest BCUT2D eigenvalue weighted by Gasteiger charge is -2.21. The second-order valence-corrected chi connectivity index (χ2v) is 3.78. The second kappa shape index (κ2) is 3.53. The predicted molar refractivity (Wildman–Crippen MR) is 54.8 cm³/mol. The maximum absolute atomic E-state index is 13.5. The molecule has 3 nitrogen and oxygen atoms in total. The molecule has 1 N–H and O–H groups in total. The van der Waals surface area contributed by atoms with Crippen LogP contribution in [0.4, 0.5) is 10.1 Å². The molecule has 1 fully saturated rings. The summed E-state index contributed by atoms with van der Waals surface area (Å²) in [5.41, 5.74) is 0.233. The van der Waals surface area contributed by atoms with E-state index in [2.05, 4.69) is 0 Å². The zero-order valence-electron chi connectivity index (χ0n) is 8.40. The average molecular weight is 209 g/mol. The Morgan fingerprint density at radius 3 is 2.73 bits per heavy atom. The molecule has 2 rings (SSSR count). The Morgan fingerprint density at radius 1 is 1.53 bits per heavy atom. The van der Waals surface area contributed by atoms with Gasteiger partial charge < -0.3 is 10.0 Å². The van der Waals surface area contributed by atoms with Crippen LogP contribution in [0.1, 0.15) is 23.2 Å². The van der Waals surface area contributed by atoms with Crippen LogP contribution in [0.5, 0.6) is 0 Å². The summed E-state index contributed by atoms with van der Waals surface area (Å²) in [6.07, 6.45) is 2.01. The Morgan fingerprint density at radius 2 is 2.20 bits per heavy atom. The summed E-state index contributed by atoms with van der Waals surface area (Å²) < 4.78 is 13.5. The summed E-state index contributed by atoms with van der Waals surface area (Å²) in [6.45, 7) is 0. The lowest BCUT2D eigenvalue weighted by atomic mass is 10.1. The maximum Gasteiger partial charge on any atom is 0.337 e. The van der Waals surface area contributed by atoms with Gasteiger partial charge in [-0.05, 0) is 25.0 Å². The van der Waals surface area contributed by atoms with Crippen LogP contribution >= 0.6 is 0 Å². The molecular weight excluding hydrogens is 197 g/mol. The van der Waals surface area contributed by atoms with E-state index in [0.29, 0.717) is 6.04 Å². The van der Waals surface area contributed by atoms with Gasteiger partial charge >= 0.3 is 5.97 Å². The van der Waals surface area contributed by atoms with Crippen molar-refractivity contribution in [3.63, 3.8) is 0 Å². The molecule has 1 aromatic rings. The first kappa shape index (κ1) is 9.96. The fourth-order valence-electron chi connectivity index (χ4n) is 1.69. The molecule has 15 heavy (non-hydrogen) atoms. The molecule has 0 radical (unpaired) electrons. The monoisotopic (exact) mass is 209 g/mol. The van der Waals surface area contributed by atoms with Crippen molar-refractivity contribution >= 4 is 11.7 Å². The number of para-hydroxylation sites is 1. The number of carboxylic acid groups (broad SMARTS) is 1. The minimum absolute atomic E-state index is 0.0319. The van der Waals surface area contributed by atoms with Gasteiger partial charge in [-0.3, -0.25) is 0 Å². The molecule has 0 amide bonds. The summed E-state index contributed by atoms with van der Waals surface area (Å²) in [5, 5.41) is 8.95. The molecule has 0 saturated heterocycles. The molecule has 1 aromatic carbocycles. The van der Waals surface area contributed by atoms with Gasteiger partial charge in [-0.2, -0.15) is 0 Å². The minimum Gasteiger partial charge on any atom is -0.478 e. The smallest absolute Gasteiger partial charge is 0.337 e. The first-order valence-corrected chi connectivity index (χ1v) is 4.86. The number of rotatable bonds is 3. The number of hydrogen-bond donors (Lipinski definition) is 1. The van der Waals surface area contributed by atoms with Gasteiger partial charge in [0.15, 0.2) is 0 Å². The predicted octanol–water partition coefficient (Wildman–Crippen LogP) is 2.12. The maximum atomic E-state index is 13.5. The van der Waals surface area contributed by atoms with Crippen LogP contribution in [-0.2, 0) is 0 Å². The third-order valence-corrected chi connectivity index (χ3v) is 2.66. The van der Waals surface area contributed by atoms with Crippen molar-refractivity contribution in [3.8, 4) is 0 Å². The molecule has 1 aliphatic rings. The topological polar surface area (TPSA) is 40.5 Å². The Labute approximate surface area is 87.1 Å². The van der Waals surface area contributed by atoms with Crippen LogP contribution in [0, 0.1) is 5.82 Å². The normalized spacial score (nSPS) is 15.1. The largest absolute Gasteiger partial charge is 0.478 e. The second-order valence-electron chi connectivity index (χ2n) is 3.78. The molecule has 0 spiro atoms. The van der Waals surface area contributed by atoms with E-state index in [1.54, 1.807) is 11.9 Å². The minimum atomic E-state index is -1.09. The van der Waals surface area contributed by atoms with E-state index in [9.17, 15) is 9.18 Å². The molecule has 0 unspecified atom stereocenters. The molecule has 0 bridgehead atoms. The van der Waals surface area contributed by atoms with E-state index in [4.69, 9.17) is 5.11 Å². The van der Waals surface area contributed by atoms with E-state index < -0.39 is 11.8 Å². The van der Waals surface area contributed by atoms with Crippen molar-refractivity contribution in [1.29, 1.82) is 0 Å². The van der Waals surface area contributed by atoms with Crippen LogP contribution in [0.2, 0.25) is 0 Å². The SMILES string of the molecule is CN(c1c(F)cccc1C(=O)O)C1CC1. The van der Waals surface area contributed by atoms with Gasteiger partial charge in [0.2, 0.25) is 0 Å². The third-order valence-electron chi connectivity index (χ3n) is 2.66. The van der Waals surface area contributed by atoms with Gasteiger partial charge in [-0.1, -0.05) is 6.07 Å². The average Bonchev–Trinajstić information content (AvgIpc) is 2.99. The number of hydrogen-bond acceptors (Lipinski definition) is 2. The van der Waals surface area contributed by atoms with Gasteiger partial charge in [0.25, 0.3) is 0 Å². The Balaban J connectivity index is 2.46. The molecule has 4 heteroatoms. The van der Waals surface area contributed by atoms with Crippen molar-refractivity contribution in [2.75, 3.05) is 11.9 Å². The molecule has 0 aliphatic heterocycles. The summed E-state index contributed by atoms with van der Waals surface area (Å²) in [5.74, 6) is -1.55. The Kier molecular flexibility index (Phi) is 2.34. The highest BCUT2D eigenvalue weighted by atomic mass is 19.1. The summed E-state index contributed by atoms with van der Waals surface area (Å²) in [6, 6.07) is 4.43. The van der Waals surface area contributed by atoms with Crippen LogP contribution < -0.4 is 4.90 Å². The summed E-state index contributed by atoms with van der Waals surface area (Å²) in [4.78, 5) is 12.6. The molecule has 1 aliphatic carbocycles. The quantitative estimate of drug-likeness (QED) is 0.828. The van der Waals surface area contributed by atoms with Crippen molar-refractivity contribution in [3.05, 3.63) is 29.6 Å². The number of nitrogens with zero attached hydrogens (tertiary/aromatic N) is 1. The van der Waals surface area contributed by atoms with Gasteiger partial charge in [-0.15, -0.1) is 0 Å². The molecule has 0 heterocycles. The van der Waals surface area contributed by atoms with Crippen LogP contribution in [0.3, 0.4) is 0 Å². The highest BCUT2D eigenvalue weighted by Crippen LogP contribution is 2.33. The van der Waals surface area contributed by atoms with E-state index in [1.165, 1.54) is 18.2 Å². The Bertz CT molecular complexity index is 402. The molecule has 0 atom stereocenters. The fraction of sp³-hybridized carbons (Fsp3) is 0.364. The number of benzene rings is 1. The molecule has 0 aromatic heterocycles. The number of carboxylic acids is 1. The number of anilines is 1. The molecule has 1 saturated carbocycles. The van der Waals surface area contributed by atoms with E-state index in [-0.39, 0.29) is 11.3 Å². The Hall–Kier alpha value is -1.58. The lowest BCUT2D eigenvalue weighted by molar-refractivity contribution is 0.0697. The fourth-order valence-corrected chi connectivity index (χ4v) is 1.69. The highest BCUT2D eigenvalue weighted by molar-refractivity contribution is 5.94. The van der Waals surface area contributed by atoms with Crippen LogP contribution in [0.15, 0.2) is 18.2 Å². The van der Waals surface area contributed by atoms with Gasteiger partial charge in [0, 0.05) is 13.1 Å². The van der Waals surface area contributed by atoms with Gasteiger partial charge in [0.05, 0.1) is 11.3 Å². The zero-order chi connectivity index (χ0) is 11.0. The van der Waals surface area contributed by atoms with Crippen molar-refractivity contribution in [1.82, 2.24) is 0 Å². The number of aromatic carboxylic acids is 1. The highest BCUT2D eigenvalue weighted by Gasteiger charge is 2.30. The zero-order valence-corrected chi connectivity index (χ0v) is 8.40. The third kappa shape index (κ3) is 1.79. The van der Waals surface area contributed by atoms with Crippen LogP contribution in [-0.4, -0.2) is 24.2 Å². The first-order valence-electron chi connectivity index (χ1n) is 4.86. The van der Waals surface area contributed by atoms with E-state index >= 15 is 0 Å². The van der Waals surface area contributed by atoms with Crippen molar-refractivity contribution < 1.29 is 14.3 Å². The molecule has 80 valence electrons. The van der Waals surface area contributed by atoms with Crippen molar-refractivity contribution in [2.45, 2.75) is 18.9 Å². The number of halogens is 1. The lowest BCUT2D eigenvalue weighted by Crippen LogP contribution is -2.23. The van der Waals surface area contributed by atoms with E-state index in [1.807, 2.05) is 0 Å². The number of carbonyl (C=O) groups is 1. The van der Waals surface area contributed by atoms with Gasteiger partial charge in [-0.25, -0.2) is 9.18 Å². The first-order chi connectivity index (χ1) is 7.11. The molecular formula is C11H12FNO2. The summed E-state index contributed by atoms with van der Waals surface area (Å²) >= 11 is 0. The van der Waals surface area contributed by atoms with E-state index in [0.717, 1.165) is 12.8 Å². The summed E-state index contributed by atoms with van der Waals surface area (Å²) in [7, 11) is 1.74. The van der Waals surface area contributed by atoms with Crippen molar-refractivity contribution in [2.24, 2.45) is 0 Å². The standard InChI is InChI=1S/C11H12FNO2/c1-13(7-5-6-7)10-8(11(14)15)3-2-4-9(10)12/h2-4,7H,5-6H2,1H3,(H,14,15). The van der Waals surface area contributed by atoms with Crippen LogP contribution in [0.25, 0.3) is 0 Å².